The number of amides is 1. The summed E-state index contributed by atoms with van der Waals surface area (Å²) in [5.74, 6) is -2.97. The number of carbonyl (C=O) groups is 1. The molecule has 0 radical (unpaired) electrons. The molecular formula is C20H19F2N5O2. The highest BCUT2D eigenvalue weighted by Crippen LogP contribution is 2.27. The van der Waals surface area contributed by atoms with E-state index < -0.39 is 23.1 Å². The zero-order valence-electron chi connectivity index (χ0n) is 15.6. The Labute approximate surface area is 165 Å². The van der Waals surface area contributed by atoms with Crippen LogP contribution in [0.3, 0.4) is 0 Å². The molecule has 4 rings (SSSR count). The van der Waals surface area contributed by atoms with E-state index in [-0.39, 0.29) is 22.5 Å². The predicted molar refractivity (Wildman–Crippen MR) is 105 cm³/mol. The lowest BCUT2D eigenvalue weighted by Gasteiger charge is -2.15. The number of nitrogens with zero attached hydrogens (tertiary/aromatic N) is 2. The maximum Gasteiger partial charge on any atom is 0.261 e. The summed E-state index contributed by atoms with van der Waals surface area (Å²) < 4.78 is 35.8. The first kappa shape index (κ1) is 19.0. The van der Waals surface area contributed by atoms with Gasteiger partial charge < -0.3 is 21.2 Å². The third-order valence-corrected chi connectivity index (χ3v) is 5.11. The van der Waals surface area contributed by atoms with E-state index >= 15 is 0 Å². The smallest absolute Gasteiger partial charge is 0.261 e. The summed E-state index contributed by atoms with van der Waals surface area (Å²) in [4.78, 5) is 12.6. The van der Waals surface area contributed by atoms with Gasteiger partial charge in [-0.2, -0.15) is 5.10 Å². The van der Waals surface area contributed by atoms with Gasteiger partial charge in [-0.3, -0.25) is 9.48 Å². The number of nitrogens with two attached hydrogens (primary N) is 1. The Kier molecular flexibility index (Phi) is 4.75. The zero-order chi connectivity index (χ0) is 20.7. The number of carbonyl (C=O) groups excluding carboxylic acids is 1. The van der Waals surface area contributed by atoms with E-state index in [9.17, 15) is 13.6 Å². The normalized spacial score (nSPS) is 16.3. The fraction of sp³-hybridized carbons (Fsp3) is 0.250. The first-order valence-electron chi connectivity index (χ1n) is 9.04. The number of nitrogens with one attached hydrogen (secondary N) is 2. The molecular weight excluding hydrogens is 380 g/mol. The Morgan fingerprint density at radius 1 is 1.38 bits per heavy atom. The van der Waals surface area contributed by atoms with Gasteiger partial charge in [-0.05, 0) is 24.6 Å². The highest BCUT2D eigenvalue weighted by molar-refractivity contribution is 6.09. The molecule has 0 saturated carbocycles. The topological polar surface area (TPSA) is 106 Å². The highest BCUT2D eigenvalue weighted by atomic mass is 19.1. The number of fused-ring (bicyclic) bond motifs is 1. The van der Waals surface area contributed by atoms with Gasteiger partial charge in [-0.15, -0.1) is 0 Å². The Morgan fingerprint density at radius 2 is 2.17 bits per heavy atom. The average Bonchev–Trinajstić information content (AvgIpc) is 3.34. The van der Waals surface area contributed by atoms with Gasteiger partial charge in [0.15, 0.2) is 0 Å². The molecule has 1 fully saturated rings. The van der Waals surface area contributed by atoms with Crippen LogP contribution in [0.1, 0.15) is 22.3 Å². The Bertz CT molecular complexity index is 1140. The van der Waals surface area contributed by atoms with Gasteiger partial charge in [0.2, 0.25) is 0 Å². The molecule has 1 unspecified atom stereocenters. The van der Waals surface area contributed by atoms with E-state index in [0.717, 1.165) is 12.5 Å². The van der Waals surface area contributed by atoms with Crippen LogP contribution in [0.25, 0.3) is 10.9 Å². The van der Waals surface area contributed by atoms with Crippen molar-refractivity contribution in [3.8, 4) is 0 Å². The van der Waals surface area contributed by atoms with Crippen LogP contribution in [-0.2, 0) is 11.8 Å². The van der Waals surface area contributed by atoms with E-state index in [0.29, 0.717) is 30.2 Å². The van der Waals surface area contributed by atoms with Gasteiger partial charge in [-0.25, -0.2) is 8.78 Å². The number of hydrogen-bond acceptors (Lipinski definition) is 5. The minimum atomic E-state index is -0.984. The molecule has 2 heterocycles. The van der Waals surface area contributed by atoms with E-state index in [1.807, 2.05) is 0 Å². The average molecular weight is 399 g/mol. The van der Waals surface area contributed by atoms with Crippen LogP contribution in [0.4, 0.5) is 20.2 Å². The van der Waals surface area contributed by atoms with Gasteiger partial charge >= 0.3 is 0 Å². The lowest BCUT2D eigenvalue weighted by molar-refractivity contribution is 0.101. The molecule has 2 aromatic carbocycles. The van der Waals surface area contributed by atoms with Crippen LogP contribution in [-0.4, -0.2) is 34.6 Å². The number of ether oxygens (including phenoxy) is 1. The molecule has 3 aromatic rings. The molecule has 9 heteroatoms. The van der Waals surface area contributed by atoms with Crippen LogP contribution >= 0.6 is 0 Å². The molecule has 0 bridgehead atoms. The van der Waals surface area contributed by atoms with Crippen molar-refractivity contribution in [1.29, 1.82) is 5.41 Å². The van der Waals surface area contributed by atoms with Gasteiger partial charge in [-0.1, -0.05) is 0 Å². The number of anilines is 2. The summed E-state index contributed by atoms with van der Waals surface area (Å²) in [6.07, 6.45) is 1.96. The van der Waals surface area contributed by atoms with Crippen LogP contribution in [0.5, 0.6) is 0 Å². The van der Waals surface area contributed by atoms with Gasteiger partial charge in [0, 0.05) is 48.3 Å². The minimum Gasteiger partial charge on any atom is -0.398 e. The second-order valence-corrected chi connectivity index (χ2v) is 6.98. The molecule has 29 heavy (non-hydrogen) atoms. The Morgan fingerprint density at radius 3 is 2.90 bits per heavy atom. The molecule has 0 aliphatic carbocycles. The summed E-state index contributed by atoms with van der Waals surface area (Å²) >= 11 is 0. The van der Waals surface area contributed by atoms with E-state index in [2.05, 4.69) is 10.4 Å². The first-order valence-corrected chi connectivity index (χ1v) is 9.04. The maximum absolute atomic E-state index is 14.8. The zero-order valence-corrected chi connectivity index (χ0v) is 15.6. The van der Waals surface area contributed by atoms with Gasteiger partial charge in [0.1, 0.15) is 17.2 Å². The van der Waals surface area contributed by atoms with Crippen molar-refractivity contribution >= 4 is 33.9 Å². The van der Waals surface area contributed by atoms with Crippen LogP contribution in [0.2, 0.25) is 0 Å². The number of aryl methyl sites for hydroxylation is 1. The molecule has 150 valence electrons. The van der Waals surface area contributed by atoms with Crippen molar-refractivity contribution in [2.75, 3.05) is 24.3 Å². The summed E-state index contributed by atoms with van der Waals surface area (Å²) in [6, 6.07) is 5.68. The number of aromatic nitrogens is 2. The molecule has 4 N–H and O–H groups in total. The largest absolute Gasteiger partial charge is 0.398 e. The van der Waals surface area contributed by atoms with Crippen molar-refractivity contribution in [3.63, 3.8) is 0 Å². The lowest BCUT2D eigenvalue weighted by Crippen LogP contribution is -2.19. The second kappa shape index (κ2) is 7.25. The van der Waals surface area contributed by atoms with E-state index in [4.69, 9.17) is 15.9 Å². The summed E-state index contributed by atoms with van der Waals surface area (Å²) in [6.45, 7) is 1.02. The minimum absolute atomic E-state index is 0.0556. The molecule has 1 saturated heterocycles. The van der Waals surface area contributed by atoms with Crippen LogP contribution in [0.15, 0.2) is 30.5 Å². The third-order valence-electron chi connectivity index (χ3n) is 5.11. The predicted octanol–water partition coefficient (Wildman–Crippen LogP) is 3.09. The molecule has 1 aliphatic heterocycles. The van der Waals surface area contributed by atoms with Gasteiger partial charge in [0.25, 0.3) is 5.91 Å². The highest BCUT2D eigenvalue weighted by Gasteiger charge is 2.25. The molecule has 7 nitrogen and oxygen atoms in total. The molecule has 1 aliphatic rings. The van der Waals surface area contributed by atoms with Crippen LogP contribution in [0, 0.1) is 23.0 Å². The number of benzene rings is 2. The summed E-state index contributed by atoms with van der Waals surface area (Å²) in [7, 11) is 1.56. The molecule has 1 amide bonds. The summed E-state index contributed by atoms with van der Waals surface area (Å²) in [5.41, 5.74) is 6.99. The molecule has 1 aromatic heterocycles. The fourth-order valence-corrected chi connectivity index (χ4v) is 3.47. The van der Waals surface area contributed by atoms with Crippen molar-refractivity contribution in [1.82, 2.24) is 9.78 Å². The standard InChI is InChI=1S/C20H19F2N5O2/c1-27-16-7-14(21)17(18(22)13(16)8-25-27)20(28)26-11-2-3-15(23)12(6-11)19(24)10-4-5-29-9-10/h2-3,6-8,10,24H,4-5,9,23H2,1H3,(H,26,28). The van der Waals surface area contributed by atoms with Crippen LogP contribution < -0.4 is 11.1 Å². The first-order chi connectivity index (χ1) is 13.9. The Hall–Kier alpha value is -3.33. The van der Waals surface area contributed by atoms with Crippen molar-refractivity contribution in [2.24, 2.45) is 13.0 Å². The lowest BCUT2D eigenvalue weighted by atomic mass is 9.94. The molecule has 1 atom stereocenters. The molecule has 0 spiro atoms. The number of hydrogen-bond donors (Lipinski definition) is 3. The van der Waals surface area contributed by atoms with Gasteiger partial charge in [0.05, 0.1) is 23.7 Å². The van der Waals surface area contributed by atoms with Crippen molar-refractivity contribution < 1.29 is 18.3 Å². The maximum atomic E-state index is 14.8. The van der Waals surface area contributed by atoms with Crippen molar-refractivity contribution in [3.05, 3.63) is 53.2 Å². The number of halogens is 2. The Balaban J connectivity index is 1.64. The quantitative estimate of drug-likeness (QED) is 0.463. The SMILES string of the molecule is Cn1ncc2c(F)c(C(=O)Nc3ccc(N)c(C(=N)C4CCOC4)c3)c(F)cc21. The fourth-order valence-electron chi connectivity index (χ4n) is 3.47. The van der Waals surface area contributed by atoms with Crippen molar-refractivity contribution in [2.45, 2.75) is 6.42 Å². The third kappa shape index (κ3) is 3.33. The summed E-state index contributed by atoms with van der Waals surface area (Å²) in [5, 5.41) is 14.8. The number of nitrogen functional groups attached to an aromatic ring is 1. The van der Waals surface area contributed by atoms with E-state index in [1.54, 1.807) is 13.1 Å². The van der Waals surface area contributed by atoms with E-state index in [1.165, 1.54) is 23.0 Å². The number of rotatable bonds is 4. The second-order valence-electron chi connectivity index (χ2n) is 6.98. The monoisotopic (exact) mass is 399 g/mol.